The molecule has 2 aromatic heterocycles. The third-order valence-corrected chi connectivity index (χ3v) is 7.80. The van der Waals surface area contributed by atoms with Crippen molar-refractivity contribution in [3.63, 3.8) is 0 Å². The van der Waals surface area contributed by atoms with Crippen molar-refractivity contribution in [2.24, 2.45) is 11.1 Å². The van der Waals surface area contributed by atoms with Crippen molar-refractivity contribution in [3.05, 3.63) is 47.8 Å². The highest BCUT2D eigenvalue weighted by Gasteiger charge is 2.41. The molecule has 1 amide bonds. The van der Waals surface area contributed by atoms with Crippen LogP contribution in [-0.4, -0.2) is 76.5 Å². The fraction of sp³-hybridized carbons (Fsp3) is 0.481. The van der Waals surface area contributed by atoms with Crippen molar-refractivity contribution >= 4 is 23.2 Å². The van der Waals surface area contributed by atoms with Crippen LogP contribution >= 0.6 is 0 Å². The number of rotatable bonds is 8. The lowest BCUT2D eigenvalue weighted by molar-refractivity contribution is -0.131. The number of ether oxygens (including phenoxy) is 2. The Kier molecular flexibility index (Phi) is 6.96. The molecule has 0 atom stereocenters. The first-order valence-corrected chi connectivity index (χ1v) is 13.3. The summed E-state index contributed by atoms with van der Waals surface area (Å²) < 4.78 is 10.9. The van der Waals surface area contributed by atoms with Crippen molar-refractivity contribution in [2.45, 2.75) is 38.3 Å². The minimum atomic E-state index is -0.656. The molecule has 11 nitrogen and oxygen atoms in total. The first kappa shape index (κ1) is 24.8. The van der Waals surface area contributed by atoms with Gasteiger partial charge in [0.05, 0.1) is 26.4 Å². The average molecular weight is 519 g/mol. The molecule has 11 heteroatoms. The number of nitrogens with zero attached hydrogens (tertiary/aromatic N) is 4. The number of anilines is 3. The molecule has 3 aromatic rings. The quantitative estimate of drug-likeness (QED) is 0.354. The Morgan fingerprint density at radius 3 is 2.45 bits per heavy atom. The lowest BCUT2D eigenvalue weighted by Gasteiger charge is -2.46. The third kappa shape index (κ3) is 5.35. The van der Waals surface area contributed by atoms with Gasteiger partial charge in [0, 0.05) is 43.0 Å². The molecule has 200 valence electrons. The fourth-order valence-electron chi connectivity index (χ4n) is 5.46. The van der Waals surface area contributed by atoms with Crippen LogP contribution in [0.1, 0.15) is 41.7 Å². The Labute approximate surface area is 221 Å². The van der Waals surface area contributed by atoms with Crippen LogP contribution in [0.15, 0.2) is 36.5 Å². The Morgan fingerprint density at radius 1 is 1.05 bits per heavy atom. The summed E-state index contributed by atoms with van der Waals surface area (Å²) in [5, 5.41) is 14.0. The minimum Gasteiger partial charge on any atom is -0.380 e. The van der Waals surface area contributed by atoms with Crippen molar-refractivity contribution < 1.29 is 14.3 Å². The van der Waals surface area contributed by atoms with Crippen LogP contribution in [0, 0.1) is 5.41 Å². The van der Waals surface area contributed by atoms with Crippen LogP contribution in [-0.2, 0) is 16.0 Å². The van der Waals surface area contributed by atoms with Gasteiger partial charge in [-0.2, -0.15) is 5.10 Å². The number of primary amides is 1. The van der Waals surface area contributed by atoms with Crippen LogP contribution in [0.25, 0.3) is 11.4 Å². The highest BCUT2D eigenvalue weighted by atomic mass is 16.5. The molecule has 1 aromatic carbocycles. The Balaban J connectivity index is 1.24. The first-order valence-electron chi connectivity index (χ1n) is 13.3. The second-order valence-corrected chi connectivity index (χ2v) is 10.6. The van der Waals surface area contributed by atoms with E-state index in [1.54, 1.807) is 6.20 Å². The molecular formula is C27H34N8O3. The summed E-state index contributed by atoms with van der Waals surface area (Å²) in [4.78, 5) is 24.3. The molecule has 3 aliphatic rings. The maximum absolute atomic E-state index is 12.4. The normalized spacial score (nSPS) is 19.7. The van der Waals surface area contributed by atoms with E-state index in [0.29, 0.717) is 28.4 Å². The molecule has 0 radical (unpaired) electrons. The summed E-state index contributed by atoms with van der Waals surface area (Å²) in [7, 11) is 0. The number of carbonyl (C=O) groups is 1. The number of nitrogens with two attached hydrogens (primary N) is 1. The summed E-state index contributed by atoms with van der Waals surface area (Å²) in [6.45, 7) is 6.02. The van der Waals surface area contributed by atoms with Crippen molar-refractivity contribution in [3.8, 4) is 11.4 Å². The zero-order valence-corrected chi connectivity index (χ0v) is 21.4. The molecule has 4 heterocycles. The molecule has 3 fully saturated rings. The summed E-state index contributed by atoms with van der Waals surface area (Å²) >= 11 is 0. The van der Waals surface area contributed by atoms with Gasteiger partial charge in [0.2, 0.25) is 0 Å². The van der Waals surface area contributed by atoms with Gasteiger partial charge in [0.25, 0.3) is 5.91 Å². The molecule has 1 aliphatic carbocycles. The fourth-order valence-corrected chi connectivity index (χ4v) is 5.46. The Morgan fingerprint density at radius 2 is 1.82 bits per heavy atom. The minimum absolute atomic E-state index is 0.0696. The Bertz CT molecular complexity index is 1240. The van der Waals surface area contributed by atoms with E-state index < -0.39 is 5.91 Å². The van der Waals surface area contributed by atoms with Crippen molar-refractivity contribution in [2.75, 3.05) is 50.2 Å². The van der Waals surface area contributed by atoms with E-state index in [9.17, 15) is 4.79 Å². The number of aromatic nitrogens is 4. The van der Waals surface area contributed by atoms with Crippen LogP contribution in [0.2, 0.25) is 0 Å². The molecule has 2 saturated heterocycles. The lowest BCUT2D eigenvalue weighted by Crippen LogP contribution is -2.47. The van der Waals surface area contributed by atoms with Gasteiger partial charge in [-0.1, -0.05) is 12.1 Å². The zero-order valence-electron chi connectivity index (χ0n) is 21.4. The van der Waals surface area contributed by atoms with E-state index in [-0.39, 0.29) is 11.7 Å². The number of morpholine rings is 1. The average Bonchev–Trinajstić information content (AvgIpc) is 3.45. The number of benzene rings is 1. The molecule has 0 unspecified atom stereocenters. The molecule has 6 rings (SSSR count). The molecule has 0 bridgehead atoms. The van der Waals surface area contributed by atoms with E-state index in [0.717, 1.165) is 77.4 Å². The van der Waals surface area contributed by atoms with Gasteiger partial charge in [-0.15, -0.1) is 0 Å². The lowest BCUT2D eigenvalue weighted by atomic mass is 9.71. The number of hydrogen-bond acceptors (Lipinski definition) is 9. The smallest absolute Gasteiger partial charge is 0.271 e. The number of nitrogens with one attached hydrogen (secondary N) is 3. The third-order valence-electron chi connectivity index (χ3n) is 7.80. The van der Waals surface area contributed by atoms with Gasteiger partial charge in [-0.05, 0) is 49.4 Å². The molecule has 1 saturated carbocycles. The standard InChI is InChI=1S/C27H34N8O3/c28-24(36)23-26(30-19-3-1-18(2-4-19)15-35-11-13-37-14-12-35)33-25(22(32-23)21-7-10-29-34-21)31-20-5-8-27(9-6-20)16-38-17-27/h1-4,7,10,20H,5-6,8-9,11-17H2,(H2,28,36)(H,29,34)(H2,30,31,33). The Hall–Kier alpha value is -3.54. The van der Waals surface area contributed by atoms with Crippen LogP contribution < -0.4 is 16.4 Å². The maximum atomic E-state index is 12.4. The van der Waals surface area contributed by atoms with Crippen molar-refractivity contribution in [1.82, 2.24) is 25.1 Å². The maximum Gasteiger partial charge on any atom is 0.271 e. The number of amides is 1. The molecule has 5 N–H and O–H groups in total. The summed E-state index contributed by atoms with van der Waals surface area (Å²) in [6.07, 6.45) is 6.01. The molecule has 1 spiro atoms. The van der Waals surface area contributed by atoms with Crippen LogP contribution in [0.3, 0.4) is 0 Å². The number of H-pyrrole nitrogens is 1. The van der Waals surface area contributed by atoms with E-state index in [2.05, 4.69) is 42.8 Å². The predicted octanol–water partition coefficient (Wildman–Crippen LogP) is 2.91. The number of carbonyl (C=O) groups excluding carboxylic acids is 1. The largest absolute Gasteiger partial charge is 0.380 e. The second kappa shape index (κ2) is 10.7. The van der Waals surface area contributed by atoms with Gasteiger partial charge < -0.3 is 25.8 Å². The van der Waals surface area contributed by atoms with E-state index >= 15 is 0 Å². The van der Waals surface area contributed by atoms with E-state index in [4.69, 9.17) is 20.2 Å². The van der Waals surface area contributed by atoms with Crippen LogP contribution in [0.5, 0.6) is 0 Å². The number of hydrogen-bond donors (Lipinski definition) is 4. The topological polar surface area (TPSA) is 143 Å². The predicted molar refractivity (Wildman–Crippen MR) is 143 cm³/mol. The molecule has 2 aliphatic heterocycles. The SMILES string of the molecule is NC(=O)c1nc(-c2cc[nH]n2)c(NC2CCC3(CC2)COC3)nc1Nc1ccc(CN2CCOCC2)cc1. The van der Waals surface area contributed by atoms with Gasteiger partial charge in [-0.25, -0.2) is 9.97 Å². The highest BCUT2D eigenvalue weighted by Crippen LogP contribution is 2.43. The van der Waals surface area contributed by atoms with Gasteiger partial charge in [-0.3, -0.25) is 14.8 Å². The van der Waals surface area contributed by atoms with Crippen LogP contribution in [0.4, 0.5) is 17.3 Å². The molecule has 38 heavy (non-hydrogen) atoms. The van der Waals surface area contributed by atoms with Crippen molar-refractivity contribution in [1.29, 1.82) is 0 Å². The van der Waals surface area contributed by atoms with E-state index in [1.165, 1.54) is 5.56 Å². The first-order chi connectivity index (χ1) is 18.6. The summed E-state index contributed by atoms with van der Waals surface area (Å²) in [5.41, 5.74) is 9.28. The summed E-state index contributed by atoms with van der Waals surface area (Å²) in [5.74, 6) is 0.246. The van der Waals surface area contributed by atoms with Gasteiger partial charge >= 0.3 is 0 Å². The second-order valence-electron chi connectivity index (χ2n) is 10.6. The monoisotopic (exact) mass is 518 g/mol. The van der Waals surface area contributed by atoms with Gasteiger partial charge in [0.15, 0.2) is 17.3 Å². The van der Waals surface area contributed by atoms with Gasteiger partial charge in [0.1, 0.15) is 11.4 Å². The molecular weight excluding hydrogens is 484 g/mol. The zero-order chi connectivity index (χ0) is 26.0. The number of aromatic amines is 1. The summed E-state index contributed by atoms with van der Waals surface area (Å²) in [6, 6.07) is 10.2. The van der Waals surface area contributed by atoms with E-state index in [1.807, 2.05) is 18.2 Å². The highest BCUT2D eigenvalue weighted by molar-refractivity contribution is 5.97.